The van der Waals surface area contributed by atoms with Gasteiger partial charge in [0.2, 0.25) is 10.0 Å². The SMILES string of the molecule is CCc1ncccc1[C@@H](C)OC(=O)Nc1c(-c2ccc(NS(C)(=O)=O)c(C)n2)nnn1C. The molecule has 0 aliphatic carbocycles. The quantitative estimate of drug-likeness (QED) is 0.549. The van der Waals surface area contributed by atoms with Gasteiger partial charge in [0, 0.05) is 24.5 Å². The molecule has 0 spiro atoms. The summed E-state index contributed by atoms with van der Waals surface area (Å²) in [5.74, 6) is 0.292. The van der Waals surface area contributed by atoms with E-state index in [1.54, 1.807) is 45.3 Å². The summed E-state index contributed by atoms with van der Waals surface area (Å²) in [4.78, 5) is 21.3. The van der Waals surface area contributed by atoms with Crippen LogP contribution in [0.4, 0.5) is 16.3 Å². The lowest BCUT2D eigenvalue weighted by Crippen LogP contribution is -2.19. The van der Waals surface area contributed by atoms with Gasteiger partial charge in [0.25, 0.3) is 0 Å². The normalized spacial score (nSPS) is 12.3. The Kier molecular flexibility index (Phi) is 6.72. The van der Waals surface area contributed by atoms with Crippen molar-refractivity contribution >= 4 is 27.6 Å². The van der Waals surface area contributed by atoms with E-state index in [1.165, 1.54) is 4.68 Å². The fourth-order valence-electron chi connectivity index (χ4n) is 3.14. The van der Waals surface area contributed by atoms with Crippen LogP contribution in [0.5, 0.6) is 0 Å². The summed E-state index contributed by atoms with van der Waals surface area (Å²) in [6.45, 7) is 5.42. The number of aromatic nitrogens is 5. The van der Waals surface area contributed by atoms with Crippen LogP contribution >= 0.6 is 0 Å². The highest BCUT2D eigenvalue weighted by Crippen LogP contribution is 2.27. The van der Waals surface area contributed by atoms with E-state index < -0.39 is 22.2 Å². The van der Waals surface area contributed by atoms with Crippen molar-refractivity contribution in [2.45, 2.75) is 33.3 Å². The Morgan fingerprint density at radius 2 is 2.03 bits per heavy atom. The maximum absolute atomic E-state index is 12.6. The number of carbonyl (C=O) groups is 1. The number of pyridine rings is 2. The van der Waals surface area contributed by atoms with Gasteiger partial charge >= 0.3 is 6.09 Å². The molecule has 3 heterocycles. The number of amides is 1. The van der Waals surface area contributed by atoms with Crippen molar-refractivity contribution in [2.24, 2.45) is 7.05 Å². The van der Waals surface area contributed by atoms with Crippen LogP contribution in [0.15, 0.2) is 30.5 Å². The van der Waals surface area contributed by atoms with Crippen molar-refractivity contribution < 1.29 is 17.9 Å². The molecule has 1 atom stereocenters. The number of rotatable bonds is 7. The number of nitrogens with zero attached hydrogens (tertiary/aromatic N) is 5. The van der Waals surface area contributed by atoms with Crippen molar-refractivity contribution in [3.05, 3.63) is 47.4 Å². The molecule has 12 heteroatoms. The highest BCUT2D eigenvalue weighted by Gasteiger charge is 2.21. The summed E-state index contributed by atoms with van der Waals surface area (Å²) in [5.41, 5.74) is 3.23. The van der Waals surface area contributed by atoms with Crippen LogP contribution in [0.1, 0.15) is 36.9 Å². The Balaban J connectivity index is 1.80. The molecule has 3 aromatic heterocycles. The number of ether oxygens (including phenoxy) is 1. The van der Waals surface area contributed by atoms with Crippen molar-refractivity contribution in [1.82, 2.24) is 25.0 Å². The molecular formula is C20H25N7O4S. The van der Waals surface area contributed by atoms with E-state index in [0.29, 0.717) is 28.6 Å². The minimum Gasteiger partial charge on any atom is -0.441 e. The Morgan fingerprint density at radius 3 is 2.69 bits per heavy atom. The first kappa shape index (κ1) is 23.1. The molecule has 3 aromatic rings. The first-order chi connectivity index (χ1) is 15.1. The van der Waals surface area contributed by atoms with Crippen LogP contribution in [-0.4, -0.2) is 45.7 Å². The zero-order valence-corrected chi connectivity index (χ0v) is 19.3. The largest absolute Gasteiger partial charge is 0.441 e. The Hall–Kier alpha value is -3.54. The highest BCUT2D eigenvalue weighted by atomic mass is 32.2. The Labute approximate surface area is 186 Å². The molecule has 0 aliphatic heterocycles. The first-order valence-electron chi connectivity index (χ1n) is 9.86. The van der Waals surface area contributed by atoms with E-state index in [1.807, 2.05) is 13.0 Å². The van der Waals surface area contributed by atoms with Crippen LogP contribution in [-0.2, 0) is 28.2 Å². The van der Waals surface area contributed by atoms with Gasteiger partial charge in [0.05, 0.1) is 23.3 Å². The first-order valence-corrected chi connectivity index (χ1v) is 11.7. The summed E-state index contributed by atoms with van der Waals surface area (Å²) in [7, 11) is -1.81. The number of hydrogen-bond donors (Lipinski definition) is 2. The number of nitrogens with one attached hydrogen (secondary N) is 2. The zero-order valence-electron chi connectivity index (χ0n) is 18.4. The molecule has 11 nitrogen and oxygen atoms in total. The van der Waals surface area contributed by atoms with Gasteiger partial charge in [0.1, 0.15) is 6.10 Å². The second-order valence-electron chi connectivity index (χ2n) is 7.18. The molecule has 0 aliphatic rings. The van der Waals surface area contributed by atoms with Crippen molar-refractivity contribution in [2.75, 3.05) is 16.3 Å². The summed E-state index contributed by atoms with van der Waals surface area (Å²) in [6, 6.07) is 6.84. The molecule has 1 amide bonds. The predicted molar refractivity (Wildman–Crippen MR) is 120 cm³/mol. The number of aryl methyl sites for hydroxylation is 3. The number of carbonyl (C=O) groups excluding carboxylic acids is 1. The van der Waals surface area contributed by atoms with Crippen LogP contribution < -0.4 is 10.0 Å². The van der Waals surface area contributed by atoms with Crippen LogP contribution in [0.3, 0.4) is 0 Å². The van der Waals surface area contributed by atoms with Gasteiger partial charge in [0.15, 0.2) is 11.5 Å². The average molecular weight is 460 g/mol. The second-order valence-corrected chi connectivity index (χ2v) is 8.93. The third-order valence-electron chi connectivity index (χ3n) is 4.65. The summed E-state index contributed by atoms with van der Waals surface area (Å²) < 4.78 is 32.3. The maximum Gasteiger partial charge on any atom is 0.413 e. The number of anilines is 2. The van der Waals surface area contributed by atoms with E-state index in [-0.39, 0.29) is 0 Å². The van der Waals surface area contributed by atoms with Gasteiger partial charge in [-0.25, -0.2) is 22.9 Å². The molecular weight excluding hydrogens is 434 g/mol. The highest BCUT2D eigenvalue weighted by molar-refractivity contribution is 7.92. The fourth-order valence-corrected chi connectivity index (χ4v) is 3.75. The second kappa shape index (κ2) is 9.30. The molecule has 0 aromatic carbocycles. The van der Waals surface area contributed by atoms with Crippen molar-refractivity contribution in [1.29, 1.82) is 0 Å². The lowest BCUT2D eigenvalue weighted by atomic mass is 10.1. The molecule has 0 bridgehead atoms. The smallest absolute Gasteiger partial charge is 0.413 e. The van der Waals surface area contributed by atoms with Gasteiger partial charge in [-0.15, -0.1) is 5.10 Å². The third kappa shape index (κ3) is 5.38. The molecule has 2 N–H and O–H groups in total. The van der Waals surface area contributed by atoms with Gasteiger partial charge in [-0.3, -0.25) is 15.0 Å². The molecule has 0 saturated heterocycles. The molecule has 0 radical (unpaired) electrons. The summed E-state index contributed by atoms with van der Waals surface area (Å²) in [5, 5.41) is 10.7. The van der Waals surface area contributed by atoms with Crippen molar-refractivity contribution in [3.8, 4) is 11.4 Å². The van der Waals surface area contributed by atoms with E-state index in [0.717, 1.165) is 23.9 Å². The molecule has 32 heavy (non-hydrogen) atoms. The average Bonchev–Trinajstić information content (AvgIpc) is 3.08. The molecule has 0 saturated carbocycles. The molecule has 3 rings (SSSR count). The van der Waals surface area contributed by atoms with Gasteiger partial charge < -0.3 is 4.74 Å². The number of hydrogen-bond acceptors (Lipinski definition) is 8. The molecule has 0 unspecified atom stereocenters. The monoisotopic (exact) mass is 459 g/mol. The fraction of sp³-hybridized carbons (Fsp3) is 0.350. The number of sulfonamides is 1. The van der Waals surface area contributed by atoms with E-state index in [2.05, 4.69) is 30.3 Å². The van der Waals surface area contributed by atoms with E-state index in [4.69, 9.17) is 4.74 Å². The lowest BCUT2D eigenvalue weighted by molar-refractivity contribution is 0.120. The van der Waals surface area contributed by atoms with Crippen LogP contribution in [0.25, 0.3) is 11.4 Å². The third-order valence-corrected chi connectivity index (χ3v) is 5.24. The van der Waals surface area contributed by atoms with Gasteiger partial charge in [-0.1, -0.05) is 18.2 Å². The molecule has 170 valence electrons. The predicted octanol–water partition coefficient (Wildman–Crippen LogP) is 2.82. The van der Waals surface area contributed by atoms with E-state index >= 15 is 0 Å². The van der Waals surface area contributed by atoms with Crippen molar-refractivity contribution in [3.63, 3.8) is 0 Å². The minimum absolute atomic E-state index is 0.292. The zero-order chi connectivity index (χ0) is 23.5. The van der Waals surface area contributed by atoms with Crippen LogP contribution in [0.2, 0.25) is 0 Å². The topological polar surface area (TPSA) is 141 Å². The Bertz CT molecular complexity index is 1240. The van der Waals surface area contributed by atoms with E-state index in [9.17, 15) is 13.2 Å². The standard InChI is InChI=1S/C20H25N7O4S/c1-6-15-14(8-7-11-21-15)13(3)31-20(28)23-19-18(24-26-27(19)4)17-10-9-16(12(2)22-17)25-32(5,29)30/h7-11,13,25H,6H2,1-5H3,(H,23,28)/t13-/m1/s1. The lowest BCUT2D eigenvalue weighted by Gasteiger charge is -2.16. The minimum atomic E-state index is -3.44. The molecule has 0 fully saturated rings. The summed E-state index contributed by atoms with van der Waals surface area (Å²) >= 11 is 0. The van der Waals surface area contributed by atoms with Crippen LogP contribution in [0, 0.1) is 6.92 Å². The summed E-state index contributed by atoms with van der Waals surface area (Å²) in [6.07, 6.45) is 2.30. The maximum atomic E-state index is 12.6. The Morgan fingerprint density at radius 1 is 1.28 bits per heavy atom. The van der Waals surface area contributed by atoms with Gasteiger partial charge in [-0.05, 0) is 38.5 Å². The van der Waals surface area contributed by atoms with Gasteiger partial charge in [-0.2, -0.15) is 0 Å².